The quantitative estimate of drug-likeness (QED) is 0.675. The van der Waals surface area contributed by atoms with Crippen LogP contribution < -0.4 is 5.73 Å². The molecule has 0 aliphatic carbocycles. The molecular weight excluding hydrogens is 222 g/mol. The number of ether oxygens (including phenoxy) is 2. The SMILES string of the molecule is CCOC(CN)CCOCCc1cccs1. The molecule has 92 valence electrons. The first-order valence-corrected chi connectivity index (χ1v) is 6.66. The average Bonchev–Trinajstić information content (AvgIpc) is 2.80. The molecule has 0 radical (unpaired) electrons. The lowest BCUT2D eigenvalue weighted by atomic mass is 10.2. The fourth-order valence-corrected chi connectivity index (χ4v) is 2.14. The summed E-state index contributed by atoms with van der Waals surface area (Å²) in [6.45, 7) is 4.79. The third-order valence-electron chi connectivity index (χ3n) is 2.32. The first-order valence-electron chi connectivity index (χ1n) is 5.78. The van der Waals surface area contributed by atoms with Gasteiger partial charge >= 0.3 is 0 Å². The van der Waals surface area contributed by atoms with Crippen molar-refractivity contribution in [2.45, 2.75) is 25.9 Å². The predicted molar refractivity (Wildman–Crippen MR) is 67.9 cm³/mol. The van der Waals surface area contributed by atoms with Crippen LogP contribution in [0.1, 0.15) is 18.2 Å². The molecule has 1 unspecified atom stereocenters. The van der Waals surface area contributed by atoms with Gasteiger partial charge in [0.25, 0.3) is 0 Å². The zero-order valence-corrected chi connectivity index (χ0v) is 10.7. The Hall–Kier alpha value is -0.420. The molecule has 1 aromatic heterocycles. The van der Waals surface area contributed by atoms with Crippen LogP contribution in [0.5, 0.6) is 0 Å². The first-order chi connectivity index (χ1) is 7.86. The minimum atomic E-state index is 0.145. The van der Waals surface area contributed by atoms with Crippen molar-refractivity contribution < 1.29 is 9.47 Å². The molecule has 0 spiro atoms. The Balaban J connectivity index is 1.98. The van der Waals surface area contributed by atoms with Gasteiger partial charge in [-0.3, -0.25) is 0 Å². The Morgan fingerprint density at radius 3 is 2.94 bits per heavy atom. The summed E-state index contributed by atoms with van der Waals surface area (Å²) in [5.41, 5.74) is 5.57. The number of rotatable bonds is 9. The monoisotopic (exact) mass is 243 g/mol. The van der Waals surface area contributed by atoms with E-state index in [1.165, 1.54) is 4.88 Å². The van der Waals surface area contributed by atoms with E-state index in [0.29, 0.717) is 6.54 Å². The van der Waals surface area contributed by atoms with E-state index >= 15 is 0 Å². The zero-order chi connectivity index (χ0) is 11.6. The van der Waals surface area contributed by atoms with Gasteiger partial charge in [-0.15, -0.1) is 11.3 Å². The zero-order valence-electron chi connectivity index (χ0n) is 9.85. The van der Waals surface area contributed by atoms with E-state index in [1.807, 2.05) is 6.92 Å². The van der Waals surface area contributed by atoms with Gasteiger partial charge in [0.05, 0.1) is 12.7 Å². The van der Waals surface area contributed by atoms with E-state index in [2.05, 4.69) is 17.5 Å². The molecule has 1 rings (SSSR count). The van der Waals surface area contributed by atoms with E-state index < -0.39 is 0 Å². The maximum Gasteiger partial charge on any atom is 0.0719 e. The molecule has 16 heavy (non-hydrogen) atoms. The molecule has 1 atom stereocenters. The fraction of sp³-hybridized carbons (Fsp3) is 0.667. The third-order valence-corrected chi connectivity index (χ3v) is 3.26. The van der Waals surface area contributed by atoms with E-state index in [-0.39, 0.29) is 6.10 Å². The molecule has 0 aliphatic rings. The molecule has 0 bridgehead atoms. The highest BCUT2D eigenvalue weighted by Crippen LogP contribution is 2.09. The maximum atomic E-state index is 5.57. The Morgan fingerprint density at radius 2 is 2.31 bits per heavy atom. The van der Waals surface area contributed by atoms with Gasteiger partial charge in [-0.25, -0.2) is 0 Å². The van der Waals surface area contributed by atoms with Crippen LogP contribution in [0, 0.1) is 0 Å². The summed E-state index contributed by atoms with van der Waals surface area (Å²) in [6.07, 6.45) is 2.03. The molecule has 1 aromatic rings. The molecule has 0 fully saturated rings. The Labute approximate surface area is 102 Å². The van der Waals surface area contributed by atoms with Crippen LogP contribution >= 0.6 is 11.3 Å². The topological polar surface area (TPSA) is 44.5 Å². The molecular formula is C12H21NO2S. The minimum Gasteiger partial charge on any atom is -0.381 e. The lowest BCUT2D eigenvalue weighted by molar-refractivity contribution is 0.0333. The van der Waals surface area contributed by atoms with Gasteiger partial charge in [0.2, 0.25) is 0 Å². The third kappa shape index (κ3) is 5.61. The van der Waals surface area contributed by atoms with Crippen LogP contribution in [0.2, 0.25) is 0 Å². The lowest BCUT2D eigenvalue weighted by Crippen LogP contribution is -2.25. The van der Waals surface area contributed by atoms with Crippen molar-refractivity contribution in [2.75, 3.05) is 26.4 Å². The van der Waals surface area contributed by atoms with Gasteiger partial charge in [0, 0.05) is 31.1 Å². The Bertz CT molecular complexity index is 252. The van der Waals surface area contributed by atoms with Crippen LogP contribution in [0.25, 0.3) is 0 Å². The largest absolute Gasteiger partial charge is 0.381 e. The molecule has 4 heteroatoms. The van der Waals surface area contributed by atoms with Crippen LogP contribution in [0.15, 0.2) is 17.5 Å². The Kier molecular flexibility index (Phi) is 7.42. The van der Waals surface area contributed by atoms with Crippen molar-refractivity contribution in [1.29, 1.82) is 0 Å². The molecule has 2 N–H and O–H groups in total. The Morgan fingerprint density at radius 1 is 1.44 bits per heavy atom. The van der Waals surface area contributed by atoms with E-state index in [1.54, 1.807) is 11.3 Å². The molecule has 3 nitrogen and oxygen atoms in total. The fourth-order valence-electron chi connectivity index (χ4n) is 1.45. The predicted octanol–water partition coefficient (Wildman–Crippen LogP) is 2.06. The maximum absolute atomic E-state index is 5.57. The lowest BCUT2D eigenvalue weighted by Gasteiger charge is -2.14. The smallest absolute Gasteiger partial charge is 0.0719 e. The number of nitrogens with two attached hydrogens (primary N) is 1. The summed E-state index contributed by atoms with van der Waals surface area (Å²) in [6, 6.07) is 4.20. The molecule has 0 saturated heterocycles. The number of hydrogen-bond acceptors (Lipinski definition) is 4. The van der Waals surface area contributed by atoms with Crippen molar-refractivity contribution >= 4 is 11.3 Å². The van der Waals surface area contributed by atoms with Crippen molar-refractivity contribution in [2.24, 2.45) is 5.73 Å². The molecule has 0 aromatic carbocycles. The van der Waals surface area contributed by atoms with Gasteiger partial charge in [0.1, 0.15) is 0 Å². The van der Waals surface area contributed by atoms with Gasteiger partial charge < -0.3 is 15.2 Å². The standard InChI is InChI=1S/C12H21NO2S/c1-2-15-11(10-13)5-7-14-8-6-12-4-3-9-16-12/h3-4,9,11H,2,5-8,10,13H2,1H3. The van der Waals surface area contributed by atoms with E-state index in [4.69, 9.17) is 15.2 Å². The van der Waals surface area contributed by atoms with Gasteiger partial charge in [-0.05, 0) is 24.8 Å². The normalized spacial score (nSPS) is 12.9. The van der Waals surface area contributed by atoms with Crippen molar-refractivity contribution in [1.82, 2.24) is 0 Å². The van der Waals surface area contributed by atoms with Crippen LogP contribution in [0.3, 0.4) is 0 Å². The van der Waals surface area contributed by atoms with Crippen molar-refractivity contribution in [3.63, 3.8) is 0 Å². The summed E-state index contributed by atoms with van der Waals surface area (Å²) in [7, 11) is 0. The van der Waals surface area contributed by atoms with Crippen LogP contribution in [-0.2, 0) is 15.9 Å². The molecule has 0 aliphatic heterocycles. The molecule has 0 saturated carbocycles. The van der Waals surface area contributed by atoms with Gasteiger partial charge in [-0.1, -0.05) is 6.07 Å². The highest BCUT2D eigenvalue weighted by molar-refractivity contribution is 7.09. The second kappa shape index (κ2) is 8.70. The minimum absolute atomic E-state index is 0.145. The number of hydrogen-bond donors (Lipinski definition) is 1. The average molecular weight is 243 g/mol. The molecule has 1 heterocycles. The van der Waals surface area contributed by atoms with Crippen LogP contribution in [0.4, 0.5) is 0 Å². The first kappa shape index (κ1) is 13.6. The van der Waals surface area contributed by atoms with E-state index in [9.17, 15) is 0 Å². The summed E-state index contributed by atoms with van der Waals surface area (Å²) in [5, 5.41) is 2.09. The second-order valence-electron chi connectivity index (χ2n) is 3.54. The second-order valence-corrected chi connectivity index (χ2v) is 4.58. The number of thiophene rings is 1. The molecule has 0 amide bonds. The highest BCUT2D eigenvalue weighted by Gasteiger charge is 2.05. The van der Waals surface area contributed by atoms with E-state index in [0.717, 1.165) is 32.7 Å². The summed E-state index contributed by atoms with van der Waals surface area (Å²) < 4.78 is 11.0. The van der Waals surface area contributed by atoms with Crippen molar-refractivity contribution in [3.8, 4) is 0 Å². The highest BCUT2D eigenvalue weighted by atomic mass is 32.1. The van der Waals surface area contributed by atoms with Crippen LogP contribution in [-0.4, -0.2) is 32.5 Å². The summed E-state index contributed by atoms with van der Waals surface area (Å²) >= 11 is 1.78. The van der Waals surface area contributed by atoms with Gasteiger partial charge in [0.15, 0.2) is 0 Å². The van der Waals surface area contributed by atoms with Gasteiger partial charge in [-0.2, -0.15) is 0 Å². The summed E-state index contributed by atoms with van der Waals surface area (Å²) in [5.74, 6) is 0. The summed E-state index contributed by atoms with van der Waals surface area (Å²) in [4.78, 5) is 1.38. The van der Waals surface area contributed by atoms with Crippen molar-refractivity contribution in [3.05, 3.63) is 22.4 Å².